The minimum atomic E-state index is 0.0290. The van der Waals surface area contributed by atoms with E-state index < -0.39 is 0 Å². The number of carbonyl (C=O) groups is 1. The summed E-state index contributed by atoms with van der Waals surface area (Å²) < 4.78 is 27.8. The normalized spacial score (nSPS) is 15.2. The number of hydrogen-bond acceptors (Lipinski definition) is 7. The number of aryl methyl sites for hydroxylation is 1. The van der Waals surface area contributed by atoms with Crippen LogP contribution >= 0.6 is 0 Å². The highest BCUT2D eigenvalue weighted by molar-refractivity contribution is 6.03. The predicted molar refractivity (Wildman–Crippen MR) is 182 cm³/mol. The zero-order valence-electron chi connectivity index (χ0n) is 28.2. The number of benzene rings is 3. The van der Waals surface area contributed by atoms with Crippen molar-refractivity contribution in [2.75, 3.05) is 34.0 Å². The maximum Gasteiger partial charge on any atom is 0.256 e. The molecule has 3 aromatic carbocycles. The first-order valence-corrected chi connectivity index (χ1v) is 16.1. The van der Waals surface area contributed by atoms with Crippen LogP contribution < -0.4 is 23.7 Å². The van der Waals surface area contributed by atoms with Gasteiger partial charge < -0.3 is 28.6 Å². The lowest BCUT2D eigenvalue weighted by atomic mass is 10.1. The maximum absolute atomic E-state index is 12.6. The number of nitrogens with zero attached hydrogens (tertiary/aromatic N) is 2. The van der Waals surface area contributed by atoms with Gasteiger partial charge in [0.05, 0.1) is 44.7 Å². The van der Waals surface area contributed by atoms with Gasteiger partial charge in [-0.25, -0.2) is 0 Å². The number of fused-ring (bicyclic) bond motifs is 2. The molecular weight excluding hydrogens is 568 g/mol. The van der Waals surface area contributed by atoms with Gasteiger partial charge in [-0.2, -0.15) is 0 Å². The molecule has 1 fully saturated rings. The van der Waals surface area contributed by atoms with E-state index in [1.807, 2.05) is 81.3 Å². The molecule has 1 amide bonds. The van der Waals surface area contributed by atoms with Crippen LogP contribution in [0.4, 0.5) is 5.69 Å². The van der Waals surface area contributed by atoms with Crippen LogP contribution in [0.5, 0.6) is 34.5 Å². The van der Waals surface area contributed by atoms with E-state index in [4.69, 9.17) is 23.7 Å². The third-order valence-corrected chi connectivity index (χ3v) is 7.51. The molecule has 0 radical (unpaired) electrons. The summed E-state index contributed by atoms with van der Waals surface area (Å²) in [4.78, 5) is 19.0. The lowest BCUT2D eigenvalue weighted by Gasteiger charge is -2.20. The summed E-state index contributed by atoms with van der Waals surface area (Å²) in [6.45, 7) is 14.5. The minimum absolute atomic E-state index is 0.0290. The molecule has 0 spiro atoms. The Balaban J connectivity index is 0.000000234. The quantitative estimate of drug-likeness (QED) is 0.213. The molecular formula is C37H50N2O6. The van der Waals surface area contributed by atoms with Crippen molar-refractivity contribution >= 4 is 17.8 Å². The molecule has 2 atom stereocenters. The average molecular weight is 619 g/mol. The Bertz CT molecular complexity index is 1390. The molecule has 5 rings (SSSR count). The van der Waals surface area contributed by atoms with Crippen LogP contribution in [0.15, 0.2) is 59.6 Å². The molecule has 2 aliphatic rings. The molecule has 2 unspecified atom stereocenters. The number of ether oxygens (including phenoxy) is 5. The summed E-state index contributed by atoms with van der Waals surface area (Å²) in [5, 5.41) is 0. The molecule has 0 N–H and O–H groups in total. The number of aliphatic imine (C=N–C) groups is 1. The smallest absolute Gasteiger partial charge is 0.256 e. The van der Waals surface area contributed by atoms with Gasteiger partial charge >= 0.3 is 0 Å². The zero-order chi connectivity index (χ0) is 32.8. The fourth-order valence-corrected chi connectivity index (χ4v) is 5.19. The summed E-state index contributed by atoms with van der Waals surface area (Å²) in [6.07, 6.45) is 6.28. The lowest BCUT2D eigenvalue weighted by Crippen LogP contribution is -2.35. The second kappa shape index (κ2) is 17.9. The van der Waals surface area contributed by atoms with Crippen molar-refractivity contribution in [3.05, 3.63) is 65.7 Å². The number of hydrogen-bond donors (Lipinski definition) is 0. The van der Waals surface area contributed by atoms with Gasteiger partial charge in [0.2, 0.25) is 0 Å². The van der Waals surface area contributed by atoms with Crippen molar-refractivity contribution in [2.24, 2.45) is 10.9 Å². The van der Waals surface area contributed by atoms with Gasteiger partial charge in [-0.05, 0) is 93.1 Å². The zero-order valence-corrected chi connectivity index (χ0v) is 28.2. The second-order valence-electron chi connectivity index (χ2n) is 10.8. The van der Waals surface area contributed by atoms with E-state index in [2.05, 4.69) is 18.8 Å². The molecule has 1 saturated heterocycles. The molecule has 2 aliphatic heterocycles. The first-order valence-electron chi connectivity index (χ1n) is 16.1. The van der Waals surface area contributed by atoms with E-state index in [9.17, 15) is 4.79 Å². The number of amides is 1. The molecule has 0 saturated carbocycles. The highest BCUT2D eigenvalue weighted by atomic mass is 16.5. The molecule has 244 valence electrons. The summed E-state index contributed by atoms with van der Waals surface area (Å²) in [7, 11) is 3.23. The van der Waals surface area contributed by atoms with Gasteiger partial charge in [-0.1, -0.05) is 34.1 Å². The standard InChI is InChI=1S/C20H26O3.C15H18N2O3.C2H6/c1-5-6-15(2)14-22-19-11-12-20(16(3)13-19)23-18-9-7-17(21-4)8-10-18;1-3-20-14-8-12-11(7-13(14)19-2)15(18)17-6-4-5-10(17)9-16-12;1-2/h7-13,15H,5-6,14H2,1-4H3;7-10H,3-6H2,1-2H3;1-2H3. The van der Waals surface area contributed by atoms with E-state index in [1.165, 1.54) is 12.8 Å². The van der Waals surface area contributed by atoms with Gasteiger partial charge in [0.1, 0.15) is 23.0 Å². The molecule has 3 aromatic rings. The monoisotopic (exact) mass is 618 g/mol. The van der Waals surface area contributed by atoms with Crippen molar-refractivity contribution < 1.29 is 28.5 Å². The summed E-state index contributed by atoms with van der Waals surface area (Å²) >= 11 is 0. The first kappa shape index (κ1) is 35.3. The Kier molecular flexibility index (Phi) is 14.1. The molecule has 0 bridgehead atoms. The lowest BCUT2D eigenvalue weighted by molar-refractivity contribution is 0.0774. The molecule has 0 aromatic heterocycles. The second-order valence-corrected chi connectivity index (χ2v) is 10.8. The maximum atomic E-state index is 12.6. The highest BCUT2D eigenvalue weighted by Crippen LogP contribution is 2.38. The Morgan fingerprint density at radius 1 is 0.889 bits per heavy atom. The Hall–Kier alpha value is -4.20. The van der Waals surface area contributed by atoms with Gasteiger partial charge in [-0.15, -0.1) is 0 Å². The van der Waals surface area contributed by atoms with E-state index in [1.54, 1.807) is 26.4 Å². The fraction of sp³-hybridized carbons (Fsp3) is 0.459. The van der Waals surface area contributed by atoms with E-state index in [-0.39, 0.29) is 11.9 Å². The summed E-state index contributed by atoms with van der Waals surface area (Å²) in [5.74, 6) is 5.15. The van der Waals surface area contributed by atoms with Crippen LogP contribution in [0.25, 0.3) is 0 Å². The van der Waals surface area contributed by atoms with Crippen LogP contribution in [-0.2, 0) is 0 Å². The Morgan fingerprint density at radius 2 is 1.60 bits per heavy atom. The average Bonchev–Trinajstić information content (AvgIpc) is 3.50. The molecule has 45 heavy (non-hydrogen) atoms. The van der Waals surface area contributed by atoms with Crippen LogP contribution in [0, 0.1) is 12.8 Å². The first-order chi connectivity index (χ1) is 21.9. The van der Waals surface area contributed by atoms with E-state index in [0.29, 0.717) is 35.3 Å². The van der Waals surface area contributed by atoms with Crippen LogP contribution in [0.2, 0.25) is 0 Å². The van der Waals surface area contributed by atoms with Gasteiger partial charge in [-0.3, -0.25) is 9.79 Å². The largest absolute Gasteiger partial charge is 0.497 e. The van der Waals surface area contributed by atoms with Crippen molar-refractivity contribution in [3.63, 3.8) is 0 Å². The molecule has 2 heterocycles. The Morgan fingerprint density at radius 3 is 2.24 bits per heavy atom. The van der Waals surface area contributed by atoms with Crippen molar-refractivity contribution in [1.82, 2.24) is 4.90 Å². The highest BCUT2D eigenvalue weighted by Gasteiger charge is 2.32. The molecule has 8 nitrogen and oxygen atoms in total. The van der Waals surface area contributed by atoms with Crippen LogP contribution in [0.3, 0.4) is 0 Å². The van der Waals surface area contributed by atoms with Crippen LogP contribution in [-0.4, -0.2) is 57.0 Å². The van der Waals surface area contributed by atoms with Crippen LogP contribution in [0.1, 0.15) is 76.2 Å². The Labute approximate surface area is 269 Å². The van der Waals surface area contributed by atoms with Gasteiger partial charge in [0, 0.05) is 18.8 Å². The summed E-state index contributed by atoms with van der Waals surface area (Å²) in [5.41, 5.74) is 2.31. The van der Waals surface area contributed by atoms with E-state index in [0.717, 1.165) is 54.6 Å². The van der Waals surface area contributed by atoms with E-state index >= 15 is 0 Å². The SMILES string of the molecule is CC.CCCC(C)COc1ccc(Oc2ccc(OC)cc2)c(C)c1.CCOc1cc2c(cc1OC)C(=O)N1CCCC1C=N2. The predicted octanol–water partition coefficient (Wildman–Crippen LogP) is 9.05. The van der Waals surface area contributed by atoms with Crippen molar-refractivity contribution in [1.29, 1.82) is 0 Å². The fourth-order valence-electron chi connectivity index (χ4n) is 5.19. The number of rotatable bonds is 11. The van der Waals surface area contributed by atoms with Crippen molar-refractivity contribution in [3.8, 4) is 34.5 Å². The van der Waals surface area contributed by atoms with Crippen molar-refractivity contribution in [2.45, 2.75) is 73.3 Å². The molecule has 0 aliphatic carbocycles. The minimum Gasteiger partial charge on any atom is -0.497 e. The third-order valence-electron chi connectivity index (χ3n) is 7.51. The summed E-state index contributed by atoms with van der Waals surface area (Å²) in [6, 6.07) is 17.2. The van der Waals surface area contributed by atoms with Gasteiger partial charge in [0.15, 0.2) is 11.5 Å². The topological polar surface area (TPSA) is 78.8 Å². The number of carbonyl (C=O) groups excluding carboxylic acids is 1. The number of methoxy groups -OCH3 is 2. The van der Waals surface area contributed by atoms with Gasteiger partial charge in [0.25, 0.3) is 5.91 Å². The third kappa shape index (κ3) is 9.64. The molecule has 8 heteroatoms.